The smallest absolute Gasteiger partial charge is 0.343 e. The molecule has 0 radical (unpaired) electrons. The normalized spacial score (nSPS) is 11.1. The lowest BCUT2D eigenvalue weighted by atomic mass is 10.2. The van der Waals surface area contributed by atoms with Gasteiger partial charge in [0.15, 0.2) is 5.65 Å². The van der Waals surface area contributed by atoms with E-state index in [1.165, 1.54) is 27.0 Å². The first-order chi connectivity index (χ1) is 11.5. The molecule has 0 aromatic carbocycles. The van der Waals surface area contributed by atoms with Gasteiger partial charge in [-0.3, -0.25) is 9.89 Å². The number of nitrogens with one attached hydrogen (secondary N) is 1. The number of fused-ring (bicyclic) bond motifs is 1. The lowest BCUT2D eigenvalue weighted by Gasteiger charge is -2.02. The van der Waals surface area contributed by atoms with E-state index >= 15 is 0 Å². The molecule has 0 fully saturated rings. The second-order valence-corrected chi connectivity index (χ2v) is 5.89. The fourth-order valence-electron chi connectivity index (χ4n) is 2.20. The Balaban J connectivity index is 1.98. The summed E-state index contributed by atoms with van der Waals surface area (Å²) in [5.41, 5.74) is 1.27. The Bertz CT molecular complexity index is 958. The molecule has 1 N–H and O–H groups in total. The molecule has 10 nitrogen and oxygen atoms in total. The zero-order valence-corrected chi connectivity index (χ0v) is 14.1. The maximum Gasteiger partial charge on any atom is 0.343 e. The highest BCUT2D eigenvalue weighted by Crippen LogP contribution is 2.19. The van der Waals surface area contributed by atoms with E-state index in [9.17, 15) is 9.59 Å². The van der Waals surface area contributed by atoms with Crippen LogP contribution in [0.25, 0.3) is 5.65 Å². The third kappa shape index (κ3) is 2.89. The van der Waals surface area contributed by atoms with Gasteiger partial charge in [0.2, 0.25) is 5.16 Å². The van der Waals surface area contributed by atoms with Gasteiger partial charge in [0.1, 0.15) is 5.56 Å². The Morgan fingerprint density at radius 1 is 1.46 bits per heavy atom. The number of nitrogens with zero attached hydrogens (tertiary/aromatic N) is 6. The first kappa shape index (κ1) is 16.2. The zero-order chi connectivity index (χ0) is 17.3. The number of carbonyl (C=O) groups is 1. The van der Waals surface area contributed by atoms with E-state index in [0.29, 0.717) is 22.3 Å². The predicted octanol–water partition coefficient (Wildman–Crippen LogP) is 0.324. The maximum absolute atomic E-state index is 12.3. The lowest BCUT2D eigenvalue weighted by molar-refractivity contribution is 0.0527. The number of H-pyrrole nitrogens is 1. The number of ether oxygens (including phenoxy) is 1. The number of aryl methyl sites for hydroxylation is 2. The van der Waals surface area contributed by atoms with Crippen LogP contribution >= 0.6 is 11.8 Å². The predicted molar refractivity (Wildman–Crippen MR) is 84.9 cm³/mol. The van der Waals surface area contributed by atoms with E-state index in [2.05, 4.69) is 25.6 Å². The molecule has 0 saturated heterocycles. The van der Waals surface area contributed by atoms with Crippen molar-refractivity contribution >= 4 is 23.4 Å². The molecule has 11 heteroatoms. The second kappa shape index (κ2) is 6.43. The number of rotatable bonds is 5. The summed E-state index contributed by atoms with van der Waals surface area (Å²) >= 11 is 1.35. The minimum atomic E-state index is -0.511. The number of tetrazole rings is 1. The van der Waals surface area contributed by atoms with Gasteiger partial charge in [0, 0.05) is 24.6 Å². The van der Waals surface area contributed by atoms with E-state index in [0.717, 1.165) is 0 Å². The Hall–Kier alpha value is -2.69. The van der Waals surface area contributed by atoms with Crippen molar-refractivity contribution in [3.05, 3.63) is 33.4 Å². The van der Waals surface area contributed by atoms with Gasteiger partial charge in [-0.15, -0.1) is 5.10 Å². The average molecular weight is 349 g/mol. The first-order valence-corrected chi connectivity index (χ1v) is 8.13. The Morgan fingerprint density at radius 2 is 2.25 bits per heavy atom. The molecule has 126 valence electrons. The van der Waals surface area contributed by atoms with Gasteiger partial charge < -0.3 is 4.74 Å². The molecule has 0 saturated carbocycles. The fourth-order valence-corrected chi connectivity index (χ4v) is 2.94. The van der Waals surface area contributed by atoms with Gasteiger partial charge in [0.25, 0.3) is 5.56 Å². The van der Waals surface area contributed by atoms with Crippen LogP contribution in [0.2, 0.25) is 0 Å². The fraction of sp³-hybridized carbons (Fsp3) is 0.385. The molecule has 0 aliphatic rings. The van der Waals surface area contributed by atoms with Crippen molar-refractivity contribution in [3.8, 4) is 0 Å². The van der Waals surface area contributed by atoms with Gasteiger partial charge in [-0.05, 0) is 24.3 Å². The zero-order valence-electron chi connectivity index (χ0n) is 13.3. The van der Waals surface area contributed by atoms with Crippen LogP contribution in [0.4, 0.5) is 0 Å². The largest absolute Gasteiger partial charge is 0.462 e. The van der Waals surface area contributed by atoms with Crippen molar-refractivity contribution in [1.29, 1.82) is 0 Å². The highest BCUT2D eigenvalue weighted by molar-refractivity contribution is 7.98. The number of carbonyl (C=O) groups excluding carboxylic acids is 1. The van der Waals surface area contributed by atoms with Crippen LogP contribution in [0.1, 0.15) is 28.7 Å². The van der Waals surface area contributed by atoms with Crippen molar-refractivity contribution < 1.29 is 9.53 Å². The summed E-state index contributed by atoms with van der Waals surface area (Å²) in [6.07, 6.45) is 0. The quantitative estimate of drug-likeness (QED) is 0.516. The highest BCUT2D eigenvalue weighted by Gasteiger charge is 2.20. The number of esters is 1. The average Bonchev–Trinajstić information content (AvgIpc) is 3.08. The first-order valence-electron chi connectivity index (χ1n) is 7.14. The summed E-state index contributed by atoms with van der Waals surface area (Å²) in [5.74, 6) is -0.116. The molecule has 0 amide bonds. The Kier molecular flexibility index (Phi) is 4.34. The van der Waals surface area contributed by atoms with Crippen LogP contribution in [0.5, 0.6) is 0 Å². The Labute approximate surface area is 140 Å². The number of aromatic amines is 1. The number of hydrogen-bond donors (Lipinski definition) is 1. The molecule has 0 aliphatic heterocycles. The summed E-state index contributed by atoms with van der Waals surface area (Å²) in [6, 6.07) is 1.41. The van der Waals surface area contributed by atoms with Crippen LogP contribution in [0.3, 0.4) is 0 Å². The van der Waals surface area contributed by atoms with E-state index in [1.54, 1.807) is 20.9 Å². The number of hydrogen-bond acceptors (Lipinski definition) is 8. The van der Waals surface area contributed by atoms with Gasteiger partial charge in [-0.25, -0.2) is 19.0 Å². The van der Waals surface area contributed by atoms with Crippen molar-refractivity contribution in [2.24, 2.45) is 7.05 Å². The number of aromatic nitrogens is 7. The topological polar surface area (TPSA) is 120 Å². The second-order valence-electron chi connectivity index (χ2n) is 4.95. The molecule has 3 aromatic heterocycles. The summed E-state index contributed by atoms with van der Waals surface area (Å²) in [7, 11) is 1.72. The van der Waals surface area contributed by atoms with E-state index in [4.69, 9.17) is 4.74 Å². The molecule has 3 aromatic rings. The summed E-state index contributed by atoms with van der Waals surface area (Å²) in [5, 5.41) is 14.6. The number of thioether (sulfide) groups is 1. The highest BCUT2D eigenvalue weighted by atomic mass is 32.2. The van der Waals surface area contributed by atoms with Gasteiger partial charge in [0.05, 0.1) is 12.3 Å². The summed E-state index contributed by atoms with van der Waals surface area (Å²) in [4.78, 5) is 28.8. The van der Waals surface area contributed by atoms with Crippen molar-refractivity contribution in [2.75, 3.05) is 6.61 Å². The minimum Gasteiger partial charge on any atom is -0.462 e. The molecule has 3 rings (SSSR count). The molecule has 0 aliphatic carbocycles. The van der Waals surface area contributed by atoms with Gasteiger partial charge in [-0.1, -0.05) is 11.8 Å². The van der Waals surface area contributed by atoms with Crippen molar-refractivity contribution in [2.45, 2.75) is 24.8 Å². The lowest BCUT2D eigenvalue weighted by Crippen LogP contribution is -2.16. The van der Waals surface area contributed by atoms with Crippen LogP contribution < -0.4 is 5.56 Å². The summed E-state index contributed by atoms with van der Waals surface area (Å²) < 4.78 is 7.80. The van der Waals surface area contributed by atoms with Crippen LogP contribution in [-0.4, -0.2) is 47.4 Å². The third-order valence-electron chi connectivity index (χ3n) is 3.26. The monoisotopic (exact) mass is 349 g/mol. The molecular formula is C13H15N7O3S. The van der Waals surface area contributed by atoms with Gasteiger partial charge in [-0.2, -0.15) is 0 Å². The Morgan fingerprint density at radius 3 is 2.92 bits per heavy atom. The third-order valence-corrected chi connectivity index (χ3v) is 4.30. The van der Waals surface area contributed by atoms with Crippen molar-refractivity contribution in [1.82, 2.24) is 34.8 Å². The van der Waals surface area contributed by atoms with Crippen molar-refractivity contribution in [3.63, 3.8) is 0 Å². The van der Waals surface area contributed by atoms with E-state index < -0.39 is 5.97 Å². The molecule has 0 atom stereocenters. The SMILES string of the molecule is CCOC(=O)c1c(C)[nH]n2c(=O)cc(CSc3nnnn3C)nc12. The summed E-state index contributed by atoms with van der Waals surface area (Å²) in [6.45, 7) is 3.66. The molecule has 3 heterocycles. The van der Waals surface area contributed by atoms with Crippen LogP contribution in [0, 0.1) is 6.92 Å². The molecular weight excluding hydrogens is 334 g/mol. The standard InChI is InChI=1S/C13H15N7O3S/c1-4-23-12(22)10-7(2)16-20-9(21)5-8(14-11(10)20)6-24-13-15-17-18-19(13)3/h5,16H,4,6H2,1-3H3. The molecule has 24 heavy (non-hydrogen) atoms. The van der Waals surface area contributed by atoms with E-state index in [-0.39, 0.29) is 23.4 Å². The van der Waals surface area contributed by atoms with Crippen LogP contribution in [0.15, 0.2) is 16.0 Å². The molecule has 0 bridgehead atoms. The van der Waals surface area contributed by atoms with Crippen LogP contribution in [-0.2, 0) is 17.5 Å². The van der Waals surface area contributed by atoms with Gasteiger partial charge >= 0.3 is 5.97 Å². The molecule has 0 unspecified atom stereocenters. The van der Waals surface area contributed by atoms with E-state index in [1.807, 2.05) is 0 Å². The molecule has 0 spiro atoms. The minimum absolute atomic E-state index is 0.245. The maximum atomic E-state index is 12.3.